The minimum Gasteiger partial charge on any atom is -0.378 e. The maximum atomic E-state index is 11.4. The molecule has 0 aromatic carbocycles. The summed E-state index contributed by atoms with van der Waals surface area (Å²) in [6.07, 6.45) is 7.33. The van der Waals surface area contributed by atoms with E-state index in [9.17, 15) is 4.79 Å². The number of nitrogens with one attached hydrogen (secondary N) is 1. The van der Waals surface area contributed by atoms with Gasteiger partial charge in [0.15, 0.2) is 0 Å². The monoisotopic (exact) mass is 213 g/mol. The molecule has 1 aliphatic heterocycles. The molecule has 1 N–H and O–H groups in total. The fourth-order valence-electron chi connectivity index (χ4n) is 1.99. The van der Waals surface area contributed by atoms with Gasteiger partial charge in [0.1, 0.15) is 5.78 Å². The Morgan fingerprint density at radius 3 is 2.87 bits per heavy atom. The second-order valence-electron chi connectivity index (χ2n) is 4.27. The lowest BCUT2D eigenvalue weighted by molar-refractivity contribution is -0.119. The van der Waals surface area contributed by atoms with Crippen molar-refractivity contribution in [2.45, 2.75) is 51.0 Å². The molecule has 0 amide bonds. The van der Waals surface area contributed by atoms with Gasteiger partial charge in [-0.2, -0.15) is 0 Å². The molecule has 1 rings (SSSR count). The zero-order valence-corrected chi connectivity index (χ0v) is 9.76. The highest BCUT2D eigenvalue weighted by molar-refractivity contribution is 5.78. The fourth-order valence-corrected chi connectivity index (χ4v) is 1.99. The highest BCUT2D eigenvalue weighted by Gasteiger charge is 2.15. The first-order valence-electron chi connectivity index (χ1n) is 6.11. The van der Waals surface area contributed by atoms with Crippen molar-refractivity contribution in [3.8, 4) is 0 Å². The second kappa shape index (κ2) is 7.83. The summed E-state index contributed by atoms with van der Waals surface area (Å²) < 4.78 is 5.51. The molecule has 3 nitrogen and oxygen atoms in total. The molecule has 3 heteroatoms. The quantitative estimate of drug-likeness (QED) is 0.626. The Bertz CT molecular complexity index is 176. The van der Waals surface area contributed by atoms with E-state index in [-0.39, 0.29) is 0 Å². The number of ether oxygens (including phenoxy) is 1. The molecule has 1 aliphatic rings. The molecule has 0 aromatic heterocycles. The molecule has 1 atom stereocenters. The first-order valence-corrected chi connectivity index (χ1v) is 6.11. The van der Waals surface area contributed by atoms with Crippen molar-refractivity contribution in [3.05, 3.63) is 0 Å². The molecule has 1 heterocycles. The third-order valence-corrected chi connectivity index (χ3v) is 2.89. The maximum absolute atomic E-state index is 11.4. The lowest BCUT2D eigenvalue weighted by atomic mass is 10.1. The Morgan fingerprint density at radius 1 is 1.40 bits per heavy atom. The fraction of sp³-hybridized carbons (Fsp3) is 0.917. The van der Waals surface area contributed by atoms with Crippen LogP contribution in [0.4, 0.5) is 0 Å². The molecule has 0 radical (unpaired) electrons. The zero-order valence-electron chi connectivity index (χ0n) is 9.76. The Morgan fingerprint density at radius 2 is 2.20 bits per heavy atom. The molecule has 0 aliphatic carbocycles. The molecular formula is C12H23NO2. The van der Waals surface area contributed by atoms with E-state index in [0.29, 0.717) is 11.9 Å². The van der Waals surface area contributed by atoms with Crippen LogP contribution in [0, 0.1) is 0 Å². The van der Waals surface area contributed by atoms with Crippen LogP contribution in [0.3, 0.4) is 0 Å². The van der Waals surface area contributed by atoms with E-state index in [4.69, 9.17) is 4.74 Å². The van der Waals surface area contributed by atoms with Gasteiger partial charge in [-0.05, 0) is 45.7 Å². The van der Waals surface area contributed by atoms with Crippen LogP contribution in [0.15, 0.2) is 0 Å². The van der Waals surface area contributed by atoms with Crippen LogP contribution in [-0.4, -0.2) is 32.1 Å². The van der Waals surface area contributed by atoms with Crippen LogP contribution in [0.5, 0.6) is 0 Å². The summed E-state index contributed by atoms with van der Waals surface area (Å²) in [6.45, 7) is 1.86. The van der Waals surface area contributed by atoms with Gasteiger partial charge in [-0.15, -0.1) is 0 Å². The van der Waals surface area contributed by atoms with Crippen molar-refractivity contribution in [1.29, 1.82) is 0 Å². The molecule has 88 valence electrons. The van der Waals surface area contributed by atoms with Gasteiger partial charge in [-0.1, -0.05) is 0 Å². The van der Waals surface area contributed by atoms with Crippen molar-refractivity contribution in [2.75, 3.05) is 20.2 Å². The molecular weight excluding hydrogens is 190 g/mol. The van der Waals surface area contributed by atoms with Gasteiger partial charge >= 0.3 is 0 Å². The SMILES string of the molecule is CNCCCC(=O)CCCC1CCCO1. The first kappa shape index (κ1) is 12.7. The van der Waals surface area contributed by atoms with Crippen molar-refractivity contribution in [1.82, 2.24) is 5.32 Å². The average molecular weight is 213 g/mol. The molecule has 1 unspecified atom stereocenters. The van der Waals surface area contributed by atoms with Crippen LogP contribution in [-0.2, 0) is 9.53 Å². The average Bonchev–Trinajstić information content (AvgIpc) is 2.71. The van der Waals surface area contributed by atoms with Crippen LogP contribution >= 0.6 is 0 Å². The molecule has 15 heavy (non-hydrogen) atoms. The summed E-state index contributed by atoms with van der Waals surface area (Å²) in [5, 5.41) is 3.05. The Kier molecular flexibility index (Phi) is 6.60. The molecule has 0 saturated carbocycles. The number of carbonyl (C=O) groups is 1. The van der Waals surface area contributed by atoms with E-state index in [0.717, 1.165) is 45.3 Å². The van der Waals surface area contributed by atoms with Gasteiger partial charge in [0.05, 0.1) is 6.10 Å². The predicted molar refractivity (Wildman–Crippen MR) is 61.0 cm³/mol. The van der Waals surface area contributed by atoms with Crippen molar-refractivity contribution >= 4 is 5.78 Å². The van der Waals surface area contributed by atoms with Gasteiger partial charge in [-0.25, -0.2) is 0 Å². The minimum absolute atomic E-state index is 0.406. The van der Waals surface area contributed by atoms with Gasteiger partial charge in [0, 0.05) is 19.4 Å². The van der Waals surface area contributed by atoms with Gasteiger partial charge in [0.2, 0.25) is 0 Å². The summed E-state index contributed by atoms with van der Waals surface area (Å²) in [4.78, 5) is 11.4. The highest BCUT2D eigenvalue weighted by atomic mass is 16.5. The number of hydrogen-bond acceptors (Lipinski definition) is 3. The Balaban J connectivity index is 1.91. The smallest absolute Gasteiger partial charge is 0.132 e. The summed E-state index contributed by atoms with van der Waals surface area (Å²) in [7, 11) is 1.92. The molecule has 0 aromatic rings. The van der Waals surface area contributed by atoms with Crippen LogP contribution in [0.25, 0.3) is 0 Å². The van der Waals surface area contributed by atoms with E-state index in [1.54, 1.807) is 0 Å². The van der Waals surface area contributed by atoms with Gasteiger partial charge in [0.25, 0.3) is 0 Å². The molecule has 0 bridgehead atoms. The number of ketones is 1. The molecule has 1 fully saturated rings. The normalized spacial score (nSPS) is 20.7. The number of hydrogen-bond donors (Lipinski definition) is 1. The molecule has 0 spiro atoms. The number of carbonyl (C=O) groups excluding carboxylic acids is 1. The Hall–Kier alpha value is -0.410. The van der Waals surface area contributed by atoms with Crippen LogP contribution in [0.2, 0.25) is 0 Å². The second-order valence-corrected chi connectivity index (χ2v) is 4.27. The largest absolute Gasteiger partial charge is 0.378 e. The Labute approximate surface area is 92.6 Å². The predicted octanol–water partition coefficient (Wildman–Crippen LogP) is 1.90. The minimum atomic E-state index is 0.406. The van der Waals surface area contributed by atoms with E-state index in [1.807, 2.05) is 7.05 Å². The lowest BCUT2D eigenvalue weighted by Crippen LogP contribution is -2.10. The maximum Gasteiger partial charge on any atom is 0.132 e. The van der Waals surface area contributed by atoms with E-state index >= 15 is 0 Å². The number of Topliss-reactive ketones (excluding diaryl/α,β-unsaturated/α-hetero) is 1. The van der Waals surface area contributed by atoms with E-state index in [2.05, 4.69) is 5.32 Å². The first-order chi connectivity index (χ1) is 7.33. The summed E-state index contributed by atoms with van der Waals surface area (Å²) in [5.41, 5.74) is 0. The van der Waals surface area contributed by atoms with Gasteiger partial charge in [-0.3, -0.25) is 4.79 Å². The van der Waals surface area contributed by atoms with Crippen LogP contribution < -0.4 is 5.32 Å². The highest BCUT2D eigenvalue weighted by Crippen LogP contribution is 2.17. The van der Waals surface area contributed by atoms with Crippen molar-refractivity contribution < 1.29 is 9.53 Å². The third-order valence-electron chi connectivity index (χ3n) is 2.89. The zero-order chi connectivity index (χ0) is 10.9. The molecule has 1 saturated heterocycles. The van der Waals surface area contributed by atoms with Crippen LogP contribution in [0.1, 0.15) is 44.9 Å². The standard InChI is InChI=1S/C12H23NO2/c1-13-9-3-6-11(14)5-2-7-12-8-4-10-15-12/h12-13H,2-10H2,1H3. The third kappa shape index (κ3) is 5.90. The number of rotatable bonds is 8. The van der Waals surface area contributed by atoms with E-state index < -0.39 is 0 Å². The van der Waals surface area contributed by atoms with Crippen molar-refractivity contribution in [3.63, 3.8) is 0 Å². The van der Waals surface area contributed by atoms with E-state index in [1.165, 1.54) is 12.8 Å². The van der Waals surface area contributed by atoms with Gasteiger partial charge < -0.3 is 10.1 Å². The lowest BCUT2D eigenvalue weighted by Gasteiger charge is -2.07. The summed E-state index contributed by atoms with van der Waals surface area (Å²) in [5.74, 6) is 0.406. The summed E-state index contributed by atoms with van der Waals surface area (Å²) >= 11 is 0. The van der Waals surface area contributed by atoms with Crippen molar-refractivity contribution in [2.24, 2.45) is 0 Å². The summed E-state index contributed by atoms with van der Waals surface area (Å²) in [6, 6.07) is 0. The topological polar surface area (TPSA) is 38.3 Å².